The third-order valence-corrected chi connectivity index (χ3v) is 4.37. The van der Waals surface area contributed by atoms with Gasteiger partial charge in [-0.2, -0.15) is 0 Å². The van der Waals surface area contributed by atoms with Crippen molar-refractivity contribution in [3.8, 4) is 17.0 Å². The molecule has 0 saturated heterocycles. The van der Waals surface area contributed by atoms with Gasteiger partial charge in [-0.1, -0.05) is 48.0 Å². The lowest BCUT2D eigenvalue weighted by molar-refractivity contribution is 0.242. The Balaban J connectivity index is 1.80. The Hall–Kier alpha value is -2.39. The highest BCUT2D eigenvalue weighted by Gasteiger charge is 2.04. The van der Waals surface area contributed by atoms with Crippen LogP contribution in [0.15, 0.2) is 53.9 Å². The second kappa shape index (κ2) is 7.45. The zero-order valence-electron chi connectivity index (χ0n) is 14.2. The zero-order valence-corrected chi connectivity index (χ0v) is 15.0. The van der Waals surface area contributed by atoms with Crippen molar-refractivity contribution in [2.45, 2.75) is 26.9 Å². The van der Waals surface area contributed by atoms with E-state index in [0.29, 0.717) is 0 Å². The first-order valence-corrected chi connectivity index (χ1v) is 8.96. The van der Waals surface area contributed by atoms with E-state index in [1.165, 1.54) is 5.56 Å². The van der Waals surface area contributed by atoms with Crippen LogP contribution in [0.2, 0.25) is 0 Å². The third kappa shape index (κ3) is 4.12. The summed E-state index contributed by atoms with van der Waals surface area (Å²) in [5, 5.41) is 3.09. The minimum atomic E-state index is 0.160. The van der Waals surface area contributed by atoms with Gasteiger partial charge < -0.3 is 4.74 Å². The zero-order chi connectivity index (χ0) is 16.9. The van der Waals surface area contributed by atoms with Gasteiger partial charge in [0.1, 0.15) is 10.8 Å². The molecule has 0 amide bonds. The Bertz CT molecular complexity index is 831. The van der Waals surface area contributed by atoms with Crippen LogP contribution < -0.4 is 4.74 Å². The van der Waals surface area contributed by atoms with Gasteiger partial charge >= 0.3 is 0 Å². The highest BCUT2D eigenvalue weighted by atomic mass is 32.1. The SMILES string of the molecule is Cc1ccc(-c2csc(/C=C/c3ccccc3OC(C)C)n2)cc1. The first-order chi connectivity index (χ1) is 11.6. The predicted molar refractivity (Wildman–Crippen MR) is 103 cm³/mol. The lowest BCUT2D eigenvalue weighted by Gasteiger charge is -2.11. The van der Waals surface area contributed by atoms with Crippen molar-refractivity contribution in [3.63, 3.8) is 0 Å². The Labute approximate surface area is 147 Å². The van der Waals surface area contributed by atoms with Gasteiger partial charge in [0.25, 0.3) is 0 Å². The topological polar surface area (TPSA) is 22.1 Å². The van der Waals surface area contributed by atoms with Gasteiger partial charge in [0.2, 0.25) is 0 Å². The molecule has 0 spiro atoms. The number of para-hydroxylation sites is 1. The molecule has 0 bridgehead atoms. The highest BCUT2D eigenvalue weighted by Crippen LogP contribution is 2.25. The smallest absolute Gasteiger partial charge is 0.126 e. The molecule has 3 aromatic rings. The lowest BCUT2D eigenvalue weighted by Crippen LogP contribution is -2.06. The second-order valence-electron chi connectivity index (χ2n) is 5.97. The summed E-state index contributed by atoms with van der Waals surface area (Å²) in [4.78, 5) is 4.71. The van der Waals surface area contributed by atoms with Crippen molar-refractivity contribution >= 4 is 23.5 Å². The molecule has 0 atom stereocenters. The molecular formula is C21H21NOS. The summed E-state index contributed by atoms with van der Waals surface area (Å²) in [7, 11) is 0. The van der Waals surface area contributed by atoms with Crippen molar-refractivity contribution < 1.29 is 4.74 Å². The first kappa shape index (κ1) is 16.5. The van der Waals surface area contributed by atoms with Gasteiger partial charge in [-0.25, -0.2) is 4.98 Å². The van der Waals surface area contributed by atoms with Crippen LogP contribution >= 0.6 is 11.3 Å². The largest absolute Gasteiger partial charge is 0.490 e. The molecule has 0 fully saturated rings. The van der Waals surface area contributed by atoms with E-state index >= 15 is 0 Å². The monoisotopic (exact) mass is 335 g/mol. The van der Waals surface area contributed by atoms with Gasteiger partial charge in [0.15, 0.2) is 0 Å². The molecule has 0 N–H and O–H groups in total. The van der Waals surface area contributed by atoms with Crippen LogP contribution in [0.25, 0.3) is 23.4 Å². The number of aromatic nitrogens is 1. The van der Waals surface area contributed by atoms with Gasteiger partial charge in [-0.3, -0.25) is 0 Å². The molecule has 0 radical (unpaired) electrons. The lowest BCUT2D eigenvalue weighted by atomic mass is 10.1. The number of nitrogens with zero attached hydrogens (tertiary/aromatic N) is 1. The first-order valence-electron chi connectivity index (χ1n) is 8.08. The summed E-state index contributed by atoms with van der Waals surface area (Å²) in [6.45, 7) is 6.17. The molecular weight excluding hydrogens is 314 g/mol. The van der Waals surface area contributed by atoms with Crippen LogP contribution in [0.4, 0.5) is 0 Å². The fourth-order valence-electron chi connectivity index (χ4n) is 2.36. The second-order valence-corrected chi connectivity index (χ2v) is 6.86. The standard InChI is InChI=1S/C21H21NOS/c1-15(2)23-20-7-5-4-6-18(20)12-13-21-22-19(14-24-21)17-10-8-16(3)9-11-17/h4-15H,1-3H3/b13-12+. The fourth-order valence-corrected chi connectivity index (χ4v) is 3.08. The number of thiazole rings is 1. The van der Waals surface area contributed by atoms with Crippen molar-refractivity contribution in [2.24, 2.45) is 0 Å². The molecule has 24 heavy (non-hydrogen) atoms. The Morgan fingerprint density at radius 1 is 1.00 bits per heavy atom. The van der Waals surface area contributed by atoms with Crippen molar-refractivity contribution in [1.29, 1.82) is 0 Å². The molecule has 2 aromatic carbocycles. The molecule has 1 heterocycles. The average Bonchev–Trinajstić information content (AvgIpc) is 3.03. The Morgan fingerprint density at radius 3 is 2.50 bits per heavy atom. The van der Waals surface area contributed by atoms with Crippen LogP contribution in [0, 0.1) is 6.92 Å². The van der Waals surface area contributed by atoms with Gasteiger partial charge in [0.05, 0.1) is 11.8 Å². The number of rotatable bonds is 5. The number of hydrogen-bond acceptors (Lipinski definition) is 3. The number of ether oxygens (including phenoxy) is 1. The van der Waals surface area contributed by atoms with Gasteiger partial charge in [-0.15, -0.1) is 11.3 Å². The van der Waals surface area contributed by atoms with E-state index < -0.39 is 0 Å². The average molecular weight is 335 g/mol. The maximum Gasteiger partial charge on any atom is 0.126 e. The molecule has 0 aliphatic rings. The molecule has 0 unspecified atom stereocenters. The van der Waals surface area contributed by atoms with E-state index in [4.69, 9.17) is 9.72 Å². The molecule has 0 aliphatic heterocycles. The molecule has 0 aliphatic carbocycles. The Kier molecular flexibility index (Phi) is 5.11. The molecule has 3 rings (SSSR count). The highest BCUT2D eigenvalue weighted by molar-refractivity contribution is 7.10. The van der Waals surface area contributed by atoms with Crippen LogP contribution in [-0.4, -0.2) is 11.1 Å². The Morgan fingerprint density at radius 2 is 1.75 bits per heavy atom. The summed E-state index contributed by atoms with van der Waals surface area (Å²) in [6.07, 6.45) is 4.27. The van der Waals surface area contributed by atoms with E-state index in [1.807, 2.05) is 38.1 Å². The van der Waals surface area contributed by atoms with E-state index in [0.717, 1.165) is 27.6 Å². The van der Waals surface area contributed by atoms with E-state index in [2.05, 4.69) is 48.7 Å². The summed E-state index contributed by atoms with van der Waals surface area (Å²) >= 11 is 1.65. The van der Waals surface area contributed by atoms with Crippen LogP contribution in [-0.2, 0) is 0 Å². The molecule has 3 heteroatoms. The number of aryl methyl sites for hydroxylation is 1. The number of benzene rings is 2. The van der Waals surface area contributed by atoms with E-state index in [-0.39, 0.29) is 6.10 Å². The summed E-state index contributed by atoms with van der Waals surface area (Å²) < 4.78 is 5.85. The summed E-state index contributed by atoms with van der Waals surface area (Å²) in [5.41, 5.74) is 4.50. The molecule has 0 saturated carbocycles. The maximum atomic E-state index is 5.85. The molecule has 1 aromatic heterocycles. The number of hydrogen-bond donors (Lipinski definition) is 0. The summed E-state index contributed by atoms with van der Waals surface area (Å²) in [6, 6.07) is 16.5. The minimum absolute atomic E-state index is 0.160. The van der Waals surface area contributed by atoms with Gasteiger partial charge in [0, 0.05) is 16.5 Å². The fraction of sp³-hybridized carbons (Fsp3) is 0.190. The predicted octanol–water partition coefficient (Wildman–Crippen LogP) is 6.08. The summed E-state index contributed by atoms with van der Waals surface area (Å²) in [5.74, 6) is 0.902. The minimum Gasteiger partial charge on any atom is -0.490 e. The quantitative estimate of drug-likeness (QED) is 0.564. The van der Waals surface area contributed by atoms with Crippen molar-refractivity contribution in [2.75, 3.05) is 0 Å². The third-order valence-electron chi connectivity index (χ3n) is 3.56. The van der Waals surface area contributed by atoms with E-state index in [1.54, 1.807) is 11.3 Å². The molecule has 122 valence electrons. The maximum absolute atomic E-state index is 5.85. The van der Waals surface area contributed by atoms with Crippen LogP contribution in [0.5, 0.6) is 5.75 Å². The van der Waals surface area contributed by atoms with Crippen LogP contribution in [0.3, 0.4) is 0 Å². The van der Waals surface area contributed by atoms with E-state index in [9.17, 15) is 0 Å². The molecule has 2 nitrogen and oxygen atoms in total. The van der Waals surface area contributed by atoms with Crippen molar-refractivity contribution in [1.82, 2.24) is 4.98 Å². The van der Waals surface area contributed by atoms with Crippen LogP contribution in [0.1, 0.15) is 30.0 Å². The van der Waals surface area contributed by atoms with Gasteiger partial charge in [-0.05, 0) is 39.0 Å². The van der Waals surface area contributed by atoms with Crippen molar-refractivity contribution in [3.05, 3.63) is 70.0 Å². The normalized spacial score (nSPS) is 11.3.